The quantitative estimate of drug-likeness (QED) is 0.747. The molecule has 2 atom stereocenters. The predicted molar refractivity (Wildman–Crippen MR) is 111 cm³/mol. The van der Waals surface area contributed by atoms with Crippen molar-refractivity contribution in [2.24, 2.45) is 0 Å². The lowest BCUT2D eigenvalue weighted by atomic mass is 9.96. The lowest BCUT2D eigenvalue weighted by molar-refractivity contribution is 0.0759. The number of sulfonamides is 1. The maximum atomic E-state index is 13.2. The molecule has 0 aromatic heterocycles. The molecule has 2 aliphatic heterocycles. The molecule has 0 radical (unpaired) electrons. The van der Waals surface area contributed by atoms with E-state index in [0.29, 0.717) is 30.8 Å². The van der Waals surface area contributed by atoms with Crippen molar-refractivity contribution in [1.82, 2.24) is 9.21 Å². The lowest BCUT2D eigenvalue weighted by Crippen LogP contribution is -2.37. The Morgan fingerprint density at radius 2 is 1.77 bits per heavy atom. The van der Waals surface area contributed by atoms with Gasteiger partial charge in [0, 0.05) is 37.7 Å². The van der Waals surface area contributed by atoms with Gasteiger partial charge in [0.15, 0.2) is 0 Å². The summed E-state index contributed by atoms with van der Waals surface area (Å²) in [5.74, 6) is 0.229. The molecule has 0 bridgehead atoms. The van der Waals surface area contributed by atoms with Gasteiger partial charge < -0.3 is 9.64 Å². The molecule has 0 spiro atoms. The number of ether oxygens (including phenoxy) is 1. The van der Waals surface area contributed by atoms with E-state index in [1.165, 1.54) is 16.4 Å². The van der Waals surface area contributed by atoms with Crippen LogP contribution in [0.5, 0.6) is 5.75 Å². The summed E-state index contributed by atoms with van der Waals surface area (Å²) in [7, 11) is -3.74. The van der Waals surface area contributed by atoms with Crippen molar-refractivity contribution in [1.29, 1.82) is 0 Å². The molecular formula is C22H25FN2O4S. The summed E-state index contributed by atoms with van der Waals surface area (Å²) in [5, 5.41) is 0. The van der Waals surface area contributed by atoms with Crippen LogP contribution in [0.25, 0.3) is 0 Å². The smallest absolute Gasteiger partial charge is 0.257 e. The van der Waals surface area contributed by atoms with Crippen LogP contribution < -0.4 is 4.74 Å². The Kier molecular flexibility index (Phi) is 5.55. The number of carbonyl (C=O) groups excluding carboxylic acids is 1. The first-order valence-corrected chi connectivity index (χ1v) is 11.6. The minimum absolute atomic E-state index is 0.00873. The maximum Gasteiger partial charge on any atom is 0.257 e. The van der Waals surface area contributed by atoms with Crippen molar-refractivity contribution >= 4 is 15.9 Å². The molecule has 0 N–H and O–H groups in total. The molecule has 2 aromatic rings. The van der Waals surface area contributed by atoms with Crippen molar-refractivity contribution in [3.05, 3.63) is 59.4 Å². The van der Waals surface area contributed by atoms with Gasteiger partial charge in [-0.05, 0) is 43.7 Å². The molecule has 1 amide bonds. The number of nitrogens with zero attached hydrogens (tertiary/aromatic N) is 2. The first kappa shape index (κ1) is 20.8. The predicted octanol–water partition coefficient (Wildman–Crippen LogP) is 3.25. The van der Waals surface area contributed by atoms with Gasteiger partial charge in [0.1, 0.15) is 17.7 Å². The van der Waals surface area contributed by atoms with E-state index in [-0.39, 0.29) is 35.9 Å². The number of hydrogen-bond donors (Lipinski definition) is 0. The van der Waals surface area contributed by atoms with Crippen LogP contribution in [0.4, 0.5) is 4.39 Å². The zero-order chi connectivity index (χ0) is 21.5. The molecule has 4 rings (SSSR count). The monoisotopic (exact) mass is 432 g/mol. The Bertz CT molecular complexity index is 1060. The third kappa shape index (κ3) is 3.70. The molecule has 30 heavy (non-hydrogen) atoms. The SMILES string of the molecule is C[C@@H]1c2cccc(C(=O)N3CCCN(S(=O)(=O)c4ccc(F)cc4)CC3)c2O[C@@H]1C. The average Bonchev–Trinajstić information content (AvgIpc) is 2.90. The second-order valence-electron chi connectivity index (χ2n) is 7.84. The second-order valence-corrected chi connectivity index (χ2v) is 9.78. The van der Waals surface area contributed by atoms with Crippen LogP contribution in [0.2, 0.25) is 0 Å². The van der Waals surface area contributed by atoms with Gasteiger partial charge in [0.2, 0.25) is 10.0 Å². The number of fused-ring (bicyclic) bond motifs is 1. The molecule has 6 nitrogen and oxygen atoms in total. The van der Waals surface area contributed by atoms with Crippen molar-refractivity contribution in [2.45, 2.75) is 37.2 Å². The van der Waals surface area contributed by atoms with E-state index in [0.717, 1.165) is 17.7 Å². The van der Waals surface area contributed by atoms with Gasteiger partial charge in [0.25, 0.3) is 5.91 Å². The van der Waals surface area contributed by atoms with Crippen LogP contribution >= 0.6 is 0 Å². The van der Waals surface area contributed by atoms with Crippen molar-refractivity contribution in [3.63, 3.8) is 0 Å². The molecule has 2 aromatic carbocycles. The third-order valence-electron chi connectivity index (χ3n) is 5.97. The van der Waals surface area contributed by atoms with Gasteiger partial charge in [-0.15, -0.1) is 0 Å². The number of hydrogen-bond acceptors (Lipinski definition) is 4. The maximum absolute atomic E-state index is 13.2. The highest BCUT2D eigenvalue weighted by Crippen LogP contribution is 2.40. The number of para-hydroxylation sites is 1. The van der Waals surface area contributed by atoms with Crippen LogP contribution in [0.3, 0.4) is 0 Å². The first-order chi connectivity index (χ1) is 14.3. The van der Waals surface area contributed by atoms with E-state index in [1.54, 1.807) is 11.0 Å². The molecule has 2 aliphatic rings. The molecular weight excluding hydrogens is 407 g/mol. The summed E-state index contributed by atoms with van der Waals surface area (Å²) < 4.78 is 46.3. The molecule has 0 aliphatic carbocycles. The van der Waals surface area contributed by atoms with Crippen LogP contribution in [-0.4, -0.2) is 55.8 Å². The molecule has 2 heterocycles. The lowest BCUT2D eigenvalue weighted by Gasteiger charge is -2.23. The summed E-state index contributed by atoms with van der Waals surface area (Å²) in [6.45, 7) is 5.31. The highest BCUT2D eigenvalue weighted by Gasteiger charge is 2.34. The Hall–Kier alpha value is -2.45. The summed E-state index contributed by atoms with van der Waals surface area (Å²) >= 11 is 0. The number of benzene rings is 2. The molecule has 0 saturated carbocycles. The first-order valence-electron chi connectivity index (χ1n) is 10.1. The van der Waals surface area contributed by atoms with Crippen molar-refractivity contribution in [2.75, 3.05) is 26.2 Å². The summed E-state index contributed by atoms with van der Waals surface area (Å²) in [6, 6.07) is 10.4. The van der Waals surface area contributed by atoms with E-state index >= 15 is 0 Å². The Balaban J connectivity index is 1.52. The summed E-state index contributed by atoms with van der Waals surface area (Å²) in [4.78, 5) is 15.0. The van der Waals surface area contributed by atoms with E-state index < -0.39 is 15.8 Å². The minimum Gasteiger partial charge on any atom is -0.489 e. The van der Waals surface area contributed by atoms with Crippen LogP contribution in [-0.2, 0) is 10.0 Å². The van der Waals surface area contributed by atoms with Crippen molar-refractivity contribution in [3.8, 4) is 5.75 Å². The number of carbonyl (C=O) groups is 1. The summed E-state index contributed by atoms with van der Waals surface area (Å²) in [6.07, 6.45) is 0.531. The Labute approximate surface area is 176 Å². The van der Waals surface area contributed by atoms with Gasteiger partial charge >= 0.3 is 0 Å². The number of amides is 1. The largest absolute Gasteiger partial charge is 0.489 e. The molecule has 0 unspecified atom stereocenters. The number of rotatable bonds is 3. The van der Waals surface area contributed by atoms with Crippen molar-refractivity contribution < 1.29 is 22.3 Å². The molecule has 160 valence electrons. The zero-order valence-electron chi connectivity index (χ0n) is 17.0. The number of halogens is 1. The molecule has 1 fully saturated rings. The van der Waals surface area contributed by atoms with Crippen LogP contribution in [0, 0.1) is 5.82 Å². The highest BCUT2D eigenvalue weighted by molar-refractivity contribution is 7.89. The van der Waals surface area contributed by atoms with Gasteiger partial charge in [0.05, 0.1) is 10.5 Å². The Morgan fingerprint density at radius 1 is 1.03 bits per heavy atom. The van der Waals surface area contributed by atoms with Gasteiger partial charge in [-0.1, -0.05) is 19.1 Å². The minimum atomic E-state index is -3.74. The Morgan fingerprint density at radius 3 is 2.50 bits per heavy atom. The van der Waals surface area contributed by atoms with E-state index in [2.05, 4.69) is 6.92 Å². The molecule has 8 heteroatoms. The fourth-order valence-corrected chi connectivity index (χ4v) is 5.49. The third-order valence-corrected chi connectivity index (χ3v) is 7.88. The fourth-order valence-electron chi connectivity index (χ4n) is 4.02. The van der Waals surface area contributed by atoms with Gasteiger partial charge in [-0.25, -0.2) is 12.8 Å². The molecule has 1 saturated heterocycles. The van der Waals surface area contributed by atoms with E-state index in [9.17, 15) is 17.6 Å². The van der Waals surface area contributed by atoms with Gasteiger partial charge in [-0.3, -0.25) is 4.79 Å². The normalized spacial score (nSPS) is 22.3. The zero-order valence-corrected chi connectivity index (χ0v) is 17.9. The standard InChI is InChI=1S/C22H25FN2O4S/c1-15-16(2)29-21-19(15)5-3-6-20(21)22(26)24-11-4-12-25(14-13-24)30(27,28)18-9-7-17(23)8-10-18/h3,5-10,15-16H,4,11-14H2,1-2H3/t15-,16+/m0/s1. The summed E-state index contributed by atoms with van der Waals surface area (Å²) in [5.41, 5.74) is 1.56. The second kappa shape index (κ2) is 8.00. The van der Waals surface area contributed by atoms with Crippen LogP contribution in [0.15, 0.2) is 47.4 Å². The van der Waals surface area contributed by atoms with E-state index in [1.807, 2.05) is 19.1 Å². The van der Waals surface area contributed by atoms with E-state index in [4.69, 9.17) is 4.74 Å². The topological polar surface area (TPSA) is 66.9 Å². The van der Waals surface area contributed by atoms with Gasteiger partial charge in [-0.2, -0.15) is 4.31 Å². The highest BCUT2D eigenvalue weighted by atomic mass is 32.2. The van der Waals surface area contributed by atoms with Crippen LogP contribution in [0.1, 0.15) is 42.1 Å². The average molecular weight is 433 g/mol. The fraction of sp³-hybridized carbons (Fsp3) is 0.409.